The Morgan fingerprint density at radius 2 is 2.05 bits per heavy atom. The second-order valence-corrected chi connectivity index (χ2v) is 5.97. The predicted molar refractivity (Wildman–Crippen MR) is 94.5 cm³/mol. The Morgan fingerprint density at radius 1 is 1.27 bits per heavy atom. The molecule has 22 heavy (non-hydrogen) atoms. The van der Waals surface area contributed by atoms with Crippen LogP contribution < -0.4 is 10.1 Å². The Balaban J connectivity index is 2.06. The van der Waals surface area contributed by atoms with Crippen LogP contribution in [0, 0.1) is 6.92 Å². The van der Waals surface area contributed by atoms with E-state index < -0.39 is 0 Å². The third-order valence-electron chi connectivity index (χ3n) is 3.05. The van der Waals surface area contributed by atoms with Crippen LogP contribution in [0.15, 0.2) is 46.9 Å². The minimum Gasteiger partial charge on any atom is -0.496 e. The van der Waals surface area contributed by atoms with Crippen LogP contribution in [0.4, 0.5) is 5.69 Å². The van der Waals surface area contributed by atoms with Gasteiger partial charge in [-0.15, -0.1) is 0 Å². The van der Waals surface area contributed by atoms with Gasteiger partial charge in [0, 0.05) is 16.8 Å². The Labute approximate surface area is 143 Å². The highest BCUT2D eigenvalue weighted by Gasteiger charge is 2.03. The van der Waals surface area contributed by atoms with Crippen molar-refractivity contribution in [3.8, 4) is 5.75 Å². The molecular formula is C17H15BrClNO2. The molecule has 0 saturated heterocycles. The van der Waals surface area contributed by atoms with E-state index in [4.69, 9.17) is 16.3 Å². The Bertz CT molecular complexity index is 729. The molecule has 3 nitrogen and oxygen atoms in total. The van der Waals surface area contributed by atoms with Gasteiger partial charge in [-0.25, -0.2) is 0 Å². The monoisotopic (exact) mass is 379 g/mol. The number of carbonyl (C=O) groups excluding carboxylic acids is 1. The Hall–Kier alpha value is -1.78. The summed E-state index contributed by atoms with van der Waals surface area (Å²) < 4.78 is 6.01. The molecule has 0 unspecified atom stereocenters. The van der Waals surface area contributed by atoms with Gasteiger partial charge in [-0.05, 0) is 70.4 Å². The average molecular weight is 381 g/mol. The van der Waals surface area contributed by atoms with E-state index >= 15 is 0 Å². The molecule has 2 aromatic rings. The number of carbonyl (C=O) groups is 1. The van der Waals surface area contributed by atoms with Gasteiger partial charge in [-0.2, -0.15) is 0 Å². The van der Waals surface area contributed by atoms with Crippen LogP contribution in [-0.4, -0.2) is 13.0 Å². The highest BCUT2D eigenvalue weighted by Crippen LogP contribution is 2.26. The van der Waals surface area contributed by atoms with E-state index in [1.54, 1.807) is 25.3 Å². The van der Waals surface area contributed by atoms with Gasteiger partial charge in [0.2, 0.25) is 5.91 Å². The van der Waals surface area contributed by atoms with E-state index in [-0.39, 0.29) is 5.91 Å². The van der Waals surface area contributed by atoms with Crippen molar-refractivity contribution in [3.63, 3.8) is 0 Å². The van der Waals surface area contributed by atoms with Crippen molar-refractivity contribution in [1.29, 1.82) is 0 Å². The Kier molecular flexibility index (Phi) is 5.63. The summed E-state index contributed by atoms with van der Waals surface area (Å²) in [7, 11) is 1.61. The first-order chi connectivity index (χ1) is 10.5. The number of methoxy groups -OCH3 is 1. The summed E-state index contributed by atoms with van der Waals surface area (Å²) >= 11 is 9.31. The second kappa shape index (κ2) is 7.47. The molecule has 2 rings (SSSR count). The lowest BCUT2D eigenvalue weighted by molar-refractivity contribution is -0.111. The first-order valence-corrected chi connectivity index (χ1v) is 7.75. The number of aryl methyl sites for hydroxylation is 1. The van der Waals surface area contributed by atoms with Crippen molar-refractivity contribution in [2.24, 2.45) is 0 Å². The van der Waals surface area contributed by atoms with Crippen LogP contribution in [-0.2, 0) is 4.79 Å². The summed E-state index contributed by atoms with van der Waals surface area (Å²) in [4.78, 5) is 12.0. The van der Waals surface area contributed by atoms with Gasteiger partial charge in [0.15, 0.2) is 0 Å². The molecule has 0 atom stereocenters. The number of rotatable bonds is 4. The molecule has 0 bridgehead atoms. The van der Waals surface area contributed by atoms with E-state index in [9.17, 15) is 4.79 Å². The molecule has 0 aliphatic carbocycles. The smallest absolute Gasteiger partial charge is 0.248 e. The number of hydrogen-bond donors (Lipinski definition) is 1. The molecule has 0 saturated carbocycles. The van der Waals surface area contributed by atoms with Crippen molar-refractivity contribution >= 4 is 45.2 Å². The summed E-state index contributed by atoms with van der Waals surface area (Å²) in [6.45, 7) is 1.89. The molecule has 0 fully saturated rings. The standard InChI is InChI=1S/C17H15BrClNO2/c1-11-9-13(19)5-6-15(11)20-17(21)8-4-12-3-7-16(22-2)14(18)10-12/h3-10H,1-2H3,(H,20,21). The van der Waals surface area contributed by atoms with Gasteiger partial charge >= 0.3 is 0 Å². The summed E-state index contributed by atoms with van der Waals surface area (Å²) in [6, 6.07) is 10.9. The number of ether oxygens (including phenoxy) is 1. The average Bonchev–Trinajstić information content (AvgIpc) is 2.48. The first kappa shape index (κ1) is 16.6. The van der Waals surface area contributed by atoms with E-state index in [2.05, 4.69) is 21.2 Å². The SMILES string of the molecule is COc1ccc(C=CC(=O)Nc2ccc(Cl)cc2C)cc1Br. The third kappa shape index (κ3) is 4.36. The fourth-order valence-electron chi connectivity index (χ4n) is 1.90. The third-order valence-corrected chi connectivity index (χ3v) is 3.90. The molecular weight excluding hydrogens is 366 g/mol. The van der Waals surface area contributed by atoms with Crippen LogP contribution in [0.2, 0.25) is 5.02 Å². The van der Waals surface area contributed by atoms with E-state index in [0.29, 0.717) is 5.02 Å². The van der Waals surface area contributed by atoms with Gasteiger partial charge in [-0.3, -0.25) is 4.79 Å². The maximum Gasteiger partial charge on any atom is 0.248 e. The number of anilines is 1. The fourth-order valence-corrected chi connectivity index (χ4v) is 2.68. The maximum atomic E-state index is 12.0. The molecule has 0 spiro atoms. The van der Waals surface area contributed by atoms with Gasteiger partial charge in [0.25, 0.3) is 0 Å². The van der Waals surface area contributed by atoms with Crippen LogP contribution >= 0.6 is 27.5 Å². The first-order valence-electron chi connectivity index (χ1n) is 6.58. The molecule has 0 aromatic heterocycles. The van der Waals surface area contributed by atoms with Crippen molar-refractivity contribution in [2.45, 2.75) is 6.92 Å². The summed E-state index contributed by atoms with van der Waals surface area (Å²) in [6.07, 6.45) is 3.23. The lowest BCUT2D eigenvalue weighted by atomic mass is 10.2. The number of halogens is 2. The highest BCUT2D eigenvalue weighted by atomic mass is 79.9. The second-order valence-electron chi connectivity index (χ2n) is 4.68. The molecule has 2 aromatic carbocycles. The minimum atomic E-state index is -0.197. The van der Waals surface area contributed by atoms with Crippen LogP contribution in [0.1, 0.15) is 11.1 Å². The number of hydrogen-bond acceptors (Lipinski definition) is 2. The van der Waals surface area contributed by atoms with Crippen LogP contribution in [0.3, 0.4) is 0 Å². The van der Waals surface area contributed by atoms with Crippen LogP contribution in [0.5, 0.6) is 5.75 Å². The number of nitrogens with one attached hydrogen (secondary N) is 1. The number of benzene rings is 2. The maximum absolute atomic E-state index is 12.0. The molecule has 0 heterocycles. The fraction of sp³-hybridized carbons (Fsp3) is 0.118. The zero-order valence-electron chi connectivity index (χ0n) is 12.2. The molecule has 0 aliphatic heterocycles. The topological polar surface area (TPSA) is 38.3 Å². The zero-order valence-corrected chi connectivity index (χ0v) is 14.5. The highest BCUT2D eigenvalue weighted by molar-refractivity contribution is 9.10. The molecule has 1 N–H and O–H groups in total. The summed E-state index contributed by atoms with van der Waals surface area (Å²) in [5.41, 5.74) is 2.56. The lowest BCUT2D eigenvalue weighted by Gasteiger charge is -2.06. The van der Waals surface area contributed by atoms with Gasteiger partial charge < -0.3 is 10.1 Å². The number of amides is 1. The summed E-state index contributed by atoms with van der Waals surface area (Å²) in [5.74, 6) is 0.552. The van der Waals surface area contributed by atoms with Crippen LogP contribution in [0.25, 0.3) is 6.08 Å². The minimum absolute atomic E-state index is 0.197. The van der Waals surface area contributed by atoms with Crippen molar-refractivity contribution in [2.75, 3.05) is 12.4 Å². The lowest BCUT2D eigenvalue weighted by Crippen LogP contribution is -2.08. The quantitative estimate of drug-likeness (QED) is 0.752. The Morgan fingerprint density at radius 3 is 2.68 bits per heavy atom. The largest absolute Gasteiger partial charge is 0.496 e. The molecule has 0 aliphatic rings. The van der Waals surface area contributed by atoms with Gasteiger partial charge in [0.1, 0.15) is 5.75 Å². The zero-order chi connectivity index (χ0) is 16.1. The van der Waals surface area contributed by atoms with Crippen molar-refractivity contribution in [1.82, 2.24) is 0 Å². The van der Waals surface area contributed by atoms with Gasteiger partial charge in [0.05, 0.1) is 11.6 Å². The van der Waals surface area contributed by atoms with Crippen molar-refractivity contribution in [3.05, 3.63) is 63.1 Å². The molecule has 1 amide bonds. The predicted octanol–water partition coefficient (Wildman–Crippen LogP) is 5.07. The van der Waals surface area contributed by atoms with E-state index in [1.807, 2.05) is 31.2 Å². The van der Waals surface area contributed by atoms with E-state index in [1.165, 1.54) is 6.08 Å². The summed E-state index contributed by atoms with van der Waals surface area (Å²) in [5, 5.41) is 3.47. The normalized spacial score (nSPS) is 10.7. The molecule has 114 valence electrons. The molecule has 5 heteroatoms. The van der Waals surface area contributed by atoms with E-state index in [0.717, 1.165) is 27.0 Å². The molecule has 0 radical (unpaired) electrons. The van der Waals surface area contributed by atoms with Crippen molar-refractivity contribution < 1.29 is 9.53 Å². The van der Waals surface area contributed by atoms with Gasteiger partial charge in [-0.1, -0.05) is 17.7 Å².